The van der Waals surface area contributed by atoms with E-state index in [1.807, 2.05) is 18.4 Å². The van der Waals surface area contributed by atoms with Crippen LogP contribution in [0.2, 0.25) is 0 Å². The van der Waals surface area contributed by atoms with E-state index in [4.69, 9.17) is 4.42 Å². The molecule has 1 nitrogen and oxygen atoms in total. The topological polar surface area (TPSA) is 13.1 Å². The Hall–Kier alpha value is -0.760. The van der Waals surface area contributed by atoms with Gasteiger partial charge in [0.2, 0.25) is 0 Å². The molecule has 0 spiro atoms. The minimum atomic E-state index is 0.510. The van der Waals surface area contributed by atoms with Crippen molar-refractivity contribution < 1.29 is 4.42 Å². The minimum absolute atomic E-state index is 0.510. The summed E-state index contributed by atoms with van der Waals surface area (Å²) in [5, 5.41) is 1.21. The van der Waals surface area contributed by atoms with Gasteiger partial charge in [-0.25, -0.2) is 0 Å². The fourth-order valence-electron chi connectivity index (χ4n) is 1.49. The number of furan rings is 1. The van der Waals surface area contributed by atoms with Crippen molar-refractivity contribution in [2.24, 2.45) is 0 Å². The predicted octanol–water partition coefficient (Wildman–Crippen LogP) is 4.32. The molecule has 2 heteroatoms. The third-order valence-electron chi connectivity index (χ3n) is 2.20. The molecule has 0 bridgehead atoms. The summed E-state index contributed by atoms with van der Waals surface area (Å²) >= 11 is 3.47. The maximum Gasteiger partial charge on any atom is 0.148 e. The summed E-state index contributed by atoms with van der Waals surface area (Å²) in [6, 6.07) is 6.13. The zero-order valence-electron chi connectivity index (χ0n) is 7.67. The van der Waals surface area contributed by atoms with Gasteiger partial charge < -0.3 is 4.42 Å². The number of rotatable bonds is 1. The Morgan fingerprint density at radius 3 is 2.77 bits per heavy atom. The summed E-state index contributed by atoms with van der Waals surface area (Å²) in [5.41, 5.74) is 2.22. The second-order valence-electron chi connectivity index (χ2n) is 3.46. The highest BCUT2D eigenvalue weighted by Crippen LogP contribution is 2.31. The van der Waals surface area contributed by atoms with E-state index in [-0.39, 0.29) is 0 Å². The van der Waals surface area contributed by atoms with E-state index in [0.717, 1.165) is 10.1 Å². The van der Waals surface area contributed by atoms with E-state index >= 15 is 0 Å². The molecule has 0 aliphatic rings. The third-order valence-corrected chi connectivity index (χ3v) is 2.83. The first-order valence-corrected chi connectivity index (χ1v) is 5.15. The van der Waals surface area contributed by atoms with Gasteiger partial charge in [0.25, 0.3) is 0 Å². The highest BCUT2D eigenvalue weighted by Gasteiger charge is 2.10. The van der Waals surface area contributed by atoms with Gasteiger partial charge in [-0.05, 0) is 27.9 Å². The van der Waals surface area contributed by atoms with Crippen LogP contribution in [0.3, 0.4) is 0 Å². The molecule has 2 rings (SSSR count). The van der Waals surface area contributed by atoms with Crippen molar-refractivity contribution in [3.05, 3.63) is 34.5 Å². The molecule has 0 saturated carbocycles. The van der Waals surface area contributed by atoms with E-state index in [1.165, 1.54) is 10.9 Å². The lowest BCUT2D eigenvalue weighted by molar-refractivity contribution is 0.605. The fourth-order valence-corrected chi connectivity index (χ4v) is 1.95. The van der Waals surface area contributed by atoms with Gasteiger partial charge in [-0.3, -0.25) is 0 Å². The lowest BCUT2D eigenvalue weighted by Gasteiger charge is -2.00. The van der Waals surface area contributed by atoms with Gasteiger partial charge in [-0.1, -0.05) is 26.0 Å². The Bertz CT molecular complexity index is 429. The van der Waals surface area contributed by atoms with Crippen LogP contribution in [0, 0.1) is 0 Å². The minimum Gasteiger partial charge on any atom is -0.463 e. The SMILES string of the molecule is CC(C)c1coc2c(Br)cccc12. The molecule has 0 amide bonds. The van der Waals surface area contributed by atoms with Crippen molar-refractivity contribution in [2.75, 3.05) is 0 Å². The number of hydrogen-bond acceptors (Lipinski definition) is 1. The van der Waals surface area contributed by atoms with Crippen molar-refractivity contribution >= 4 is 26.9 Å². The summed E-state index contributed by atoms with van der Waals surface area (Å²) in [7, 11) is 0. The molecular formula is C11H11BrO. The third kappa shape index (κ3) is 1.39. The maximum atomic E-state index is 5.49. The van der Waals surface area contributed by atoms with E-state index < -0.39 is 0 Å². The number of halogens is 1. The number of hydrogen-bond donors (Lipinski definition) is 0. The van der Waals surface area contributed by atoms with Crippen LogP contribution in [0.25, 0.3) is 11.0 Å². The van der Waals surface area contributed by atoms with Crippen LogP contribution in [0.15, 0.2) is 33.4 Å². The highest BCUT2D eigenvalue weighted by atomic mass is 79.9. The molecule has 0 unspecified atom stereocenters. The normalized spacial score (nSPS) is 11.4. The smallest absolute Gasteiger partial charge is 0.148 e. The molecule has 0 aliphatic heterocycles. The molecule has 0 radical (unpaired) electrons. The van der Waals surface area contributed by atoms with Crippen molar-refractivity contribution in [1.82, 2.24) is 0 Å². The largest absolute Gasteiger partial charge is 0.463 e. The average molecular weight is 239 g/mol. The average Bonchev–Trinajstić information content (AvgIpc) is 2.48. The number of fused-ring (bicyclic) bond motifs is 1. The monoisotopic (exact) mass is 238 g/mol. The second-order valence-corrected chi connectivity index (χ2v) is 4.32. The fraction of sp³-hybridized carbons (Fsp3) is 0.273. The number of benzene rings is 1. The summed E-state index contributed by atoms with van der Waals surface area (Å²) in [5.74, 6) is 0.510. The van der Waals surface area contributed by atoms with Gasteiger partial charge in [-0.15, -0.1) is 0 Å². The molecule has 2 aromatic rings. The van der Waals surface area contributed by atoms with Gasteiger partial charge in [0.05, 0.1) is 10.7 Å². The zero-order chi connectivity index (χ0) is 9.42. The lowest BCUT2D eigenvalue weighted by atomic mass is 10.0. The van der Waals surface area contributed by atoms with E-state index in [2.05, 4.69) is 35.8 Å². The van der Waals surface area contributed by atoms with Crippen molar-refractivity contribution in [3.8, 4) is 0 Å². The standard InChI is InChI=1S/C11H11BrO/c1-7(2)9-6-13-11-8(9)4-3-5-10(11)12/h3-7H,1-2H3. The van der Waals surface area contributed by atoms with Crippen LogP contribution < -0.4 is 0 Å². The molecule has 68 valence electrons. The van der Waals surface area contributed by atoms with Crippen molar-refractivity contribution in [3.63, 3.8) is 0 Å². The Morgan fingerprint density at radius 2 is 2.08 bits per heavy atom. The molecule has 1 aromatic carbocycles. The van der Waals surface area contributed by atoms with Gasteiger partial charge in [0, 0.05) is 10.9 Å². The van der Waals surface area contributed by atoms with Gasteiger partial charge in [0.15, 0.2) is 0 Å². The summed E-state index contributed by atoms with van der Waals surface area (Å²) in [6.45, 7) is 4.34. The van der Waals surface area contributed by atoms with Gasteiger partial charge in [-0.2, -0.15) is 0 Å². The Balaban J connectivity index is 2.75. The second kappa shape index (κ2) is 3.18. The maximum absolute atomic E-state index is 5.49. The summed E-state index contributed by atoms with van der Waals surface area (Å²) < 4.78 is 6.52. The molecule has 0 aliphatic carbocycles. The molecule has 1 heterocycles. The lowest BCUT2D eigenvalue weighted by Crippen LogP contribution is -1.83. The first-order valence-electron chi connectivity index (χ1n) is 4.35. The first-order chi connectivity index (χ1) is 6.20. The molecule has 0 N–H and O–H groups in total. The van der Waals surface area contributed by atoms with E-state index in [9.17, 15) is 0 Å². The molecule has 0 atom stereocenters. The summed E-state index contributed by atoms with van der Waals surface area (Å²) in [6.07, 6.45) is 1.85. The van der Waals surface area contributed by atoms with E-state index in [1.54, 1.807) is 0 Å². The van der Waals surface area contributed by atoms with Crippen molar-refractivity contribution in [2.45, 2.75) is 19.8 Å². The van der Waals surface area contributed by atoms with Gasteiger partial charge in [0.1, 0.15) is 5.58 Å². The first kappa shape index (κ1) is 8.82. The number of para-hydroxylation sites is 1. The Labute approximate surface area is 85.9 Å². The van der Waals surface area contributed by atoms with E-state index in [0.29, 0.717) is 5.92 Å². The van der Waals surface area contributed by atoms with Crippen LogP contribution in [0.4, 0.5) is 0 Å². The Kier molecular flexibility index (Phi) is 2.16. The van der Waals surface area contributed by atoms with Crippen molar-refractivity contribution in [1.29, 1.82) is 0 Å². The highest BCUT2D eigenvalue weighted by molar-refractivity contribution is 9.10. The summed E-state index contributed by atoms with van der Waals surface area (Å²) in [4.78, 5) is 0. The molecular weight excluding hydrogens is 228 g/mol. The predicted molar refractivity (Wildman–Crippen MR) is 58.0 cm³/mol. The molecule has 0 fully saturated rings. The van der Waals surface area contributed by atoms with Crippen LogP contribution in [0.1, 0.15) is 25.3 Å². The van der Waals surface area contributed by atoms with Crippen LogP contribution >= 0.6 is 15.9 Å². The van der Waals surface area contributed by atoms with Crippen LogP contribution in [0.5, 0.6) is 0 Å². The molecule has 1 aromatic heterocycles. The molecule has 13 heavy (non-hydrogen) atoms. The molecule has 0 saturated heterocycles. The quantitative estimate of drug-likeness (QED) is 0.722. The van der Waals surface area contributed by atoms with Crippen LogP contribution in [-0.4, -0.2) is 0 Å². The zero-order valence-corrected chi connectivity index (χ0v) is 9.26. The Morgan fingerprint density at radius 1 is 1.31 bits per heavy atom. The van der Waals surface area contributed by atoms with Gasteiger partial charge >= 0.3 is 0 Å². The van der Waals surface area contributed by atoms with Crippen LogP contribution in [-0.2, 0) is 0 Å².